The lowest BCUT2D eigenvalue weighted by molar-refractivity contribution is -0.123. The van der Waals surface area contributed by atoms with E-state index in [1.165, 1.54) is 18.2 Å². The van der Waals surface area contributed by atoms with Crippen molar-refractivity contribution < 1.29 is 27.5 Å². The number of nitrogens with one attached hydrogen (secondary N) is 2. The zero-order chi connectivity index (χ0) is 19.8. The molecule has 0 saturated heterocycles. The molecule has 2 aliphatic rings. The summed E-state index contributed by atoms with van der Waals surface area (Å²) in [5.41, 5.74) is 1.53. The molecule has 0 fully saturated rings. The van der Waals surface area contributed by atoms with Crippen molar-refractivity contribution in [3.05, 3.63) is 64.5 Å². The van der Waals surface area contributed by atoms with Crippen molar-refractivity contribution in [3.8, 4) is 0 Å². The highest BCUT2D eigenvalue weighted by molar-refractivity contribution is 5.95. The Hall–Kier alpha value is -3.07. The number of hydrogen-bond donors (Lipinski definition) is 2. The van der Waals surface area contributed by atoms with Crippen LogP contribution in [-0.2, 0) is 22.7 Å². The molecular formula is C19H16F3N3O3. The summed E-state index contributed by atoms with van der Waals surface area (Å²) in [6, 6.07) is 5.36. The van der Waals surface area contributed by atoms with Gasteiger partial charge in [-0.1, -0.05) is 6.07 Å². The molecule has 0 saturated carbocycles. The Morgan fingerprint density at radius 2 is 2.07 bits per heavy atom. The first kappa shape index (κ1) is 18.3. The zero-order valence-corrected chi connectivity index (χ0v) is 14.6. The Balaban J connectivity index is 1.46. The van der Waals surface area contributed by atoms with E-state index in [0.29, 0.717) is 5.56 Å². The largest absolute Gasteiger partial charge is 0.374 e. The van der Waals surface area contributed by atoms with Crippen molar-refractivity contribution in [2.75, 3.05) is 18.5 Å². The van der Waals surface area contributed by atoms with E-state index in [1.54, 1.807) is 6.07 Å². The van der Waals surface area contributed by atoms with Crippen LogP contribution in [0.2, 0.25) is 0 Å². The number of anilines is 1. The average Bonchev–Trinajstić information content (AvgIpc) is 2.66. The molecule has 2 aliphatic heterocycles. The van der Waals surface area contributed by atoms with Gasteiger partial charge in [-0.3, -0.25) is 4.79 Å². The van der Waals surface area contributed by atoms with Crippen LogP contribution < -0.4 is 10.6 Å². The molecule has 0 radical (unpaired) electrons. The summed E-state index contributed by atoms with van der Waals surface area (Å²) in [6.45, 7) is -0.135. The van der Waals surface area contributed by atoms with Crippen LogP contribution in [0.15, 0.2) is 30.3 Å². The second-order valence-corrected chi connectivity index (χ2v) is 6.65. The molecule has 28 heavy (non-hydrogen) atoms. The Morgan fingerprint density at radius 3 is 2.89 bits per heavy atom. The highest BCUT2D eigenvalue weighted by Crippen LogP contribution is 2.28. The summed E-state index contributed by atoms with van der Waals surface area (Å²) in [6.07, 6.45) is 0. The smallest absolute Gasteiger partial charge is 0.322 e. The van der Waals surface area contributed by atoms with Gasteiger partial charge in [0.25, 0.3) is 0 Å². The number of nitrogens with zero attached hydrogens (tertiary/aromatic N) is 1. The Labute approximate surface area is 158 Å². The monoisotopic (exact) mass is 391 g/mol. The predicted molar refractivity (Wildman–Crippen MR) is 92.7 cm³/mol. The van der Waals surface area contributed by atoms with Crippen molar-refractivity contribution in [3.63, 3.8) is 0 Å². The quantitative estimate of drug-likeness (QED) is 0.845. The number of ether oxygens (including phenoxy) is 1. The molecule has 2 aromatic rings. The standard InChI is InChI=1S/C19H16F3N3O3/c20-11-1-2-12-10(5-11)8-28-9-16(12)23-17(26)7-25-6-13-15(24-19(25)27)4-3-14(21)18(13)22/h1-5,16H,6-9H2,(H,23,26)(H,24,27). The highest BCUT2D eigenvalue weighted by Gasteiger charge is 2.29. The minimum Gasteiger partial charge on any atom is -0.374 e. The van der Waals surface area contributed by atoms with E-state index in [9.17, 15) is 22.8 Å². The van der Waals surface area contributed by atoms with Gasteiger partial charge in [-0.05, 0) is 35.4 Å². The van der Waals surface area contributed by atoms with Crippen molar-refractivity contribution in [1.29, 1.82) is 0 Å². The molecular weight excluding hydrogens is 375 g/mol. The van der Waals surface area contributed by atoms with E-state index in [-0.39, 0.29) is 37.6 Å². The van der Waals surface area contributed by atoms with Gasteiger partial charge in [0.05, 0.1) is 31.5 Å². The van der Waals surface area contributed by atoms with Crippen LogP contribution in [0, 0.1) is 17.5 Å². The molecule has 6 nitrogen and oxygen atoms in total. The van der Waals surface area contributed by atoms with Crippen LogP contribution in [0.1, 0.15) is 22.7 Å². The van der Waals surface area contributed by atoms with Crippen LogP contribution in [-0.4, -0.2) is 30.0 Å². The highest BCUT2D eigenvalue weighted by atomic mass is 19.2. The first-order chi connectivity index (χ1) is 13.4. The summed E-state index contributed by atoms with van der Waals surface area (Å²) in [5, 5.41) is 5.18. The van der Waals surface area contributed by atoms with E-state index in [4.69, 9.17) is 4.74 Å². The van der Waals surface area contributed by atoms with Crippen LogP contribution in [0.25, 0.3) is 0 Å². The topological polar surface area (TPSA) is 70.7 Å². The molecule has 0 spiro atoms. The lowest BCUT2D eigenvalue weighted by atomic mass is 9.99. The number of benzene rings is 2. The van der Waals surface area contributed by atoms with Gasteiger partial charge in [-0.2, -0.15) is 0 Å². The summed E-state index contributed by atoms with van der Waals surface area (Å²) >= 11 is 0. The van der Waals surface area contributed by atoms with E-state index < -0.39 is 35.4 Å². The van der Waals surface area contributed by atoms with E-state index in [1.807, 2.05) is 0 Å². The summed E-state index contributed by atoms with van der Waals surface area (Å²) in [5.74, 6) is -2.98. The molecule has 0 aromatic heterocycles. The normalized spacial score (nSPS) is 18.2. The van der Waals surface area contributed by atoms with Crippen molar-refractivity contribution in [2.24, 2.45) is 0 Å². The van der Waals surface area contributed by atoms with Crippen LogP contribution in [0.3, 0.4) is 0 Å². The molecule has 3 amide bonds. The maximum atomic E-state index is 14.0. The molecule has 2 heterocycles. The molecule has 1 unspecified atom stereocenters. The van der Waals surface area contributed by atoms with Gasteiger partial charge in [0.15, 0.2) is 11.6 Å². The first-order valence-corrected chi connectivity index (χ1v) is 8.60. The molecule has 0 bridgehead atoms. The van der Waals surface area contributed by atoms with Gasteiger partial charge in [-0.25, -0.2) is 18.0 Å². The van der Waals surface area contributed by atoms with Gasteiger partial charge in [0.1, 0.15) is 12.4 Å². The molecule has 2 aromatic carbocycles. The van der Waals surface area contributed by atoms with Crippen LogP contribution >= 0.6 is 0 Å². The minimum atomic E-state index is -1.06. The van der Waals surface area contributed by atoms with Crippen LogP contribution in [0.5, 0.6) is 0 Å². The fraction of sp³-hybridized carbons (Fsp3) is 0.263. The second kappa shape index (κ2) is 7.16. The van der Waals surface area contributed by atoms with Gasteiger partial charge in [0, 0.05) is 5.56 Å². The SMILES string of the molecule is O=C(CN1Cc2c(ccc(F)c2F)NC1=O)NC1COCc2cc(F)ccc21. The second-order valence-electron chi connectivity index (χ2n) is 6.65. The number of rotatable bonds is 3. The molecule has 2 N–H and O–H groups in total. The van der Waals surface area contributed by atoms with Gasteiger partial charge >= 0.3 is 6.03 Å². The zero-order valence-electron chi connectivity index (χ0n) is 14.6. The third-order valence-corrected chi connectivity index (χ3v) is 4.77. The number of carbonyl (C=O) groups is 2. The Morgan fingerprint density at radius 1 is 1.25 bits per heavy atom. The third kappa shape index (κ3) is 3.40. The van der Waals surface area contributed by atoms with E-state index >= 15 is 0 Å². The number of halogens is 3. The van der Waals surface area contributed by atoms with E-state index in [2.05, 4.69) is 10.6 Å². The predicted octanol–water partition coefficient (Wildman–Crippen LogP) is 2.84. The Bertz CT molecular complexity index is 967. The maximum absolute atomic E-state index is 14.0. The average molecular weight is 391 g/mol. The van der Waals surface area contributed by atoms with Gasteiger partial charge in [0.2, 0.25) is 5.91 Å². The number of hydrogen-bond acceptors (Lipinski definition) is 3. The van der Waals surface area contributed by atoms with Crippen molar-refractivity contribution >= 4 is 17.6 Å². The number of urea groups is 1. The lowest BCUT2D eigenvalue weighted by Gasteiger charge is -2.31. The van der Waals surface area contributed by atoms with E-state index in [0.717, 1.165) is 16.5 Å². The molecule has 1 atom stereocenters. The molecule has 4 rings (SSSR count). The minimum absolute atomic E-state index is 0.0192. The van der Waals surface area contributed by atoms with Crippen LogP contribution in [0.4, 0.5) is 23.7 Å². The summed E-state index contributed by atoms with van der Waals surface area (Å²) < 4.78 is 46.2. The third-order valence-electron chi connectivity index (χ3n) is 4.77. The van der Waals surface area contributed by atoms with Gasteiger partial charge < -0.3 is 20.3 Å². The molecule has 9 heteroatoms. The summed E-state index contributed by atoms with van der Waals surface area (Å²) in [4.78, 5) is 25.7. The fourth-order valence-electron chi connectivity index (χ4n) is 3.40. The molecule has 0 aliphatic carbocycles. The first-order valence-electron chi connectivity index (χ1n) is 8.60. The number of fused-ring (bicyclic) bond motifs is 2. The maximum Gasteiger partial charge on any atom is 0.322 e. The number of amides is 3. The Kier molecular flexibility index (Phi) is 4.68. The lowest BCUT2D eigenvalue weighted by Crippen LogP contribution is -2.46. The molecule has 146 valence electrons. The van der Waals surface area contributed by atoms with Gasteiger partial charge in [-0.15, -0.1) is 0 Å². The van der Waals surface area contributed by atoms with Crippen molar-refractivity contribution in [1.82, 2.24) is 10.2 Å². The fourth-order valence-corrected chi connectivity index (χ4v) is 3.40. The summed E-state index contributed by atoms with van der Waals surface area (Å²) in [7, 11) is 0. The number of carbonyl (C=O) groups excluding carboxylic acids is 2. The van der Waals surface area contributed by atoms with Crippen molar-refractivity contribution in [2.45, 2.75) is 19.2 Å².